The van der Waals surface area contributed by atoms with Crippen LogP contribution < -0.4 is 15.8 Å². The van der Waals surface area contributed by atoms with E-state index in [4.69, 9.17) is 33.7 Å². The highest BCUT2D eigenvalue weighted by molar-refractivity contribution is 6.31. The van der Waals surface area contributed by atoms with E-state index in [1.165, 1.54) is 0 Å². The average molecular weight is 486 g/mol. The van der Waals surface area contributed by atoms with Crippen molar-refractivity contribution < 1.29 is 14.3 Å². The third kappa shape index (κ3) is 7.20. The molecule has 0 fully saturated rings. The normalized spacial score (nSPS) is 10.6. The number of pyridine rings is 1. The van der Waals surface area contributed by atoms with Gasteiger partial charge in [0, 0.05) is 29.6 Å². The van der Waals surface area contributed by atoms with E-state index in [9.17, 15) is 9.59 Å². The number of halogens is 2. The smallest absolute Gasteiger partial charge is 0.255 e. The van der Waals surface area contributed by atoms with Crippen molar-refractivity contribution in [3.63, 3.8) is 0 Å². The van der Waals surface area contributed by atoms with Gasteiger partial charge in [0.2, 0.25) is 5.91 Å². The summed E-state index contributed by atoms with van der Waals surface area (Å²) in [6.45, 7) is 2.37. The van der Waals surface area contributed by atoms with Crippen LogP contribution in [0.4, 0.5) is 5.69 Å². The summed E-state index contributed by atoms with van der Waals surface area (Å²) in [5.41, 5.74) is 8.99. The van der Waals surface area contributed by atoms with Crippen molar-refractivity contribution in [2.24, 2.45) is 5.73 Å². The fourth-order valence-electron chi connectivity index (χ4n) is 3.27. The van der Waals surface area contributed by atoms with Crippen molar-refractivity contribution in [1.29, 1.82) is 0 Å². The summed E-state index contributed by atoms with van der Waals surface area (Å²) in [6.07, 6.45) is 3.91. The molecule has 6 nitrogen and oxygen atoms in total. The maximum atomic E-state index is 13.0. The fourth-order valence-corrected chi connectivity index (χ4v) is 3.66. The van der Waals surface area contributed by atoms with Gasteiger partial charge in [-0.15, -0.1) is 0 Å². The zero-order valence-electron chi connectivity index (χ0n) is 18.2. The quantitative estimate of drug-likeness (QED) is 0.289. The molecule has 1 heterocycles. The molecule has 0 unspecified atom stereocenters. The van der Waals surface area contributed by atoms with E-state index in [-0.39, 0.29) is 11.8 Å². The van der Waals surface area contributed by atoms with Gasteiger partial charge in [-0.3, -0.25) is 9.59 Å². The maximum absolute atomic E-state index is 13.0. The fraction of sp³-hybridized carbons (Fsp3) is 0.240. The van der Waals surface area contributed by atoms with Crippen LogP contribution in [-0.4, -0.2) is 23.4 Å². The highest BCUT2D eigenvalue weighted by Crippen LogP contribution is 2.27. The van der Waals surface area contributed by atoms with Crippen LogP contribution in [0.15, 0.2) is 54.7 Å². The van der Waals surface area contributed by atoms with Crippen LogP contribution in [0.5, 0.6) is 5.75 Å². The van der Waals surface area contributed by atoms with Crippen molar-refractivity contribution in [2.75, 3.05) is 11.9 Å². The molecule has 3 N–H and O–H groups in total. The summed E-state index contributed by atoms with van der Waals surface area (Å²) in [5, 5.41) is 3.91. The minimum atomic E-state index is -0.326. The lowest BCUT2D eigenvalue weighted by molar-refractivity contribution is -0.118. The van der Waals surface area contributed by atoms with Crippen molar-refractivity contribution in [2.45, 2.75) is 32.6 Å². The third-order valence-electron chi connectivity index (χ3n) is 5.08. The van der Waals surface area contributed by atoms with E-state index in [1.54, 1.807) is 42.6 Å². The number of aryl methyl sites for hydroxylation is 1. The number of anilines is 1. The number of rotatable bonds is 10. The number of benzene rings is 2. The van der Waals surface area contributed by atoms with Crippen LogP contribution in [0, 0.1) is 6.92 Å². The van der Waals surface area contributed by atoms with Gasteiger partial charge in [0.15, 0.2) is 0 Å². The first-order chi connectivity index (χ1) is 15.8. The van der Waals surface area contributed by atoms with Crippen molar-refractivity contribution >= 4 is 40.7 Å². The number of hydrogen-bond donors (Lipinski definition) is 2. The van der Waals surface area contributed by atoms with Gasteiger partial charge < -0.3 is 15.8 Å². The number of carbonyl (C=O) groups is 2. The number of unbranched alkanes of at least 4 members (excludes halogenated alkanes) is 1. The maximum Gasteiger partial charge on any atom is 0.255 e. The van der Waals surface area contributed by atoms with Gasteiger partial charge in [-0.05, 0) is 72.9 Å². The highest BCUT2D eigenvalue weighted by Gasteiger charge is 2.13. The predicted octanol–water partition coefficient (Wildman–Crippen LogP) is 5.57. The molecular weight excluding hydrogens is 461 g/mol. The first kappa shape index (κ1) is 24.6. The Bertz CT molecular complexity index is 1150. The van der Waals surface area contributed by atoms with E-state index in [0.717, 1.165) is 16.7 Å². The van der Waals surface area contributed by atoms with Gasteiger partial charge in [-0.2, -0.15) is 0 Å². The summed E-state index contributed by atoms with van der Waals surface area (Å²) in [6, 6.07) is 14.2. The predicted molar refractivity (Wildman–Crippen MR) is 131 cm³/mol. The van der Waals surface area contributed by atoms with Gasteiger partial charge in [0.05, 0.1) is 12.3 Å². The third-order valence-corrected chi connectivity index (χ3v) is 5.66. The Labute approximate surface area is 203 Å². The Morgan fingerprint density at radius 3 is 2.61 bits per heavy atom. The standard InChI is InChI=1S/C25H25Cl2N3O3/c1-16-12-23(27)29-15-19(16)14-18-13-17(9-10-20(18)26)25(32)30-21-6-2-3-7-22(21)33-11-5-4-8-24(28)31/h2-3,6-7,9-10,12-13,15H,4-5,8,11,14H2,1H3,(H2,28,31)(H,30,32). The summed E-state index contributed by atoms with van der Waals surface area (Å²) < 4.78 is 5.79. The largest absolute Gasteiger partial charge is 0.491 e. The van der Waals surface area contributed by atoms with Crippen LogP contribution in [0.3, 0.4) is 0 Å². The number of nitrogens with one attached hydrogen (secondary N) is 1. The second kappa shape index (κ2) is 11.7. The monoisotopic (exact) mass is 485 g/mol. The molecule has 2 amide bonds. The first-order valence-corrected chi connectivity index (χ1v) is 11.3. The van der Waals surface area contributed by atoms with Crippen molar-refractivity contribution in [3.8, 4) is 5.75 Å². The number of primary amides is 1. The molecule has 3 rings (SSSR count). The molecular formula is C25H25Cl2N3O3. The molecule has 0 atom stereocenters. The minimum Gasteiger partial charge on any atom is -0.491 e. The number of para-hydroxylation sites is 2. The summed E-state index contributed by atoms with van der Waals surface area (Å²) in [5.74, 6) is -0.0434. The van der Waals surface area contributed by atoms with Gasteiger partial charge >= 0.3 is 0 Å². The number of amides is 2. The topological polar surface area (TPSA) is 94.3 Å². The molecule has 2 aromatic carbocycles. The Morgan fingerprint density at radius 1 is 1.06 bits per heavy atom. The lowest BCUT2D eigenvalue weighted by atomic mass is 10.0. The second-order valence-electron chi connectivity index (χ2n) is 7.64. The molecule has 172 valence electrons. The molecule has 33 heavy (non-hydrogen) atoms. The van der Waals surface area contributed by atoms with Crippen molar-refractivity contribution in [3.05, 3.63) is 87.2 Å². The Morgan fingerprint density at radius 2 is 1.85 bits per heavy atom. The summed E-state index contributed by atoms with van der Waals surface area (Å²) in [4.78, 5) is 27.9. The number of nitrogens with zero attached hydrogens (tertiary/aromatic N) is 1. The van der Waals surface area contributed by atoms with Gasteiger partial charge in [-0.25, -0.2) is 4.98 Å². The molecule has 0 saturated carbocycles. The molecule has 0 bridgehead atoms. The van der Waals surface area contributed by atoms with E-state index >= 15 is 0 Å². The molecule has 3 aromatic rings. The molecule has 0 spiro atoms. The molecule has 0 aliphatic rings. The van der Waals surface area contributed by atoms with E-state index < -0.39 is 0 Å². The average Bonchev–Trinajstić information content (AvgIpc) is 2.77. The van der Waals surface area contributed by atoms with Gasteiger partial charge in [-0.1, -0.05) is 35.3 Å². The lowest BCUT2D eigenvalue weighted by Crippen LogP contribution is -2.14. The van der Waals surface area contributed by atoms with E-state index in [0.29, 0.717) is 59.5 Å². The van der Waals surface area contributed by atoms with Crippen LogP contribution in [0.25, 0.3) is 0 Å². The number of ether oxygens (including phenoxy) is 1. The van der Waals surface area contributed by atoms with Crippen LogP contribution in [0.1, 0.15) is 46.3 Å². The zero-order chi connectivity index (χ0) is 23.8. The molecule has 1 aromatic heterocycles. The van der Waals surface area contributed by atoms with Crippen LogP contribution in [0.2, 0.25) is 10.2 Å². The number of nitrogens with two attached hydrogens (primary N) is 1. The molecule has 0 aliphatic carbocycles. The van der Waals surface area contributed by atoms with Gasteiger partial charge in [0.25, 0.3) is 5.91 Å². The molecule has 0 radical (unpaired) electrons. The number of carbonyl (C=O) groups excluding carboxylic acids is 2. The Balaban J connectivity index is 1.69. The molecule has 8 heteroatoms. The number of hydrogen-bond acceptors (Lipinski definition) is 4. The first-order valence-electron chi connectivity index (χ1n) is 10.5. The molecule has 0 aliphatic heterocycles. The second-order valence-corrected chi connectivity index (χ2v) is 8.43. The molecule has 0 saturated heterocycles. The highest BCUT2D eigenvalue weighted by atomic mass is 35.5. The van der Waals surface area contributed by atoms with Crippen LogP contribution in [-0.2, 0) is 11.2 Å². The van der Waals surface area contributed by atoms with Gasteiger partial charge in [0.1, 0.15) is 10.9 Å². The lowest BCUT2D eigenvalue weighted by Gasteiger charge is -2.13. The summed E-state index contributed by atoms with van der Waals surface area (Å²) >= 11 is 12.3. The van der Waals surface area contributed by atoms with Crippen LogP contribution >= 0.6 is 23.2 Å². The Kier molecular flexibility index (Phi) is 8.69. The van der Waals surface area contributed by atoms with E-state index in [1.807, 2.05) is 19.1 Å². The SMILES string of the molecule is Cc1cc(Cl)ncc1Cc1cc(C(=O)Nc2ccccc2OCCCCC(N)=O)ccc1Cl. The van der Waals surface area contributed by atoms with Crippen molar-refractivity contribution in [1.82, 2.24) is 4.98 Å². The Hall–Kier alpha value is -3.09. The number of aromatic nitrogens is 1. The van der Waals surface area contributed by atoms with E-state index in [2.05, 4.69) is 10.3 Å². The minimum absolute atomic E-state index is 0.274. The summed E-state index contributed by atoms with van der Waals surface area (Å²) in [7, 11) is 0. The zero-order valence-corrected chi connectivity index (χ0v) is 19.7.